The fourth-order valence-electron chi connectivity index (χ4n) is 2.72. The Morgan fingerprint density at radius 1 is 1.43 bits per heavy atom. The summed E-state index contributed by atoms with van der Waals surface area (Å²) in [5.41, 5.74) is 10.9. The standard InChI is InChI=1S/C17H25N5O/c1-4-22(17(23)20-3)14-5-6-16-15(10-14)12(7-8-21-16)9-13(18)11-19-2/h5-6,9-11,19,21H,4,7-8,18H2,1-3H3,(H,20,23)/b12-9+,13-11-. The van der Waals surface area contributed by atoms with Crippen LogP contribution in [-0.4, -0.2) is 33.2 Å². The Balaban J connectivity index is 2.43. The second kappa shape index (κ2) is 7.58. The van der Waals surface area contributed by atoms with Gasteiger partial charge in [0.05, 0.1) is 0 Å². The van der Waals surface area contributed by atoms with Gasteiger partial charge >= 0.3 is 6.03 Å². The Kier molecular flexibility index (Phi) is 5.51. The summed E-state index contributed by atoms with van der Waals surface area (Å²) < 4.78 is 0. The van der Waals surface area contributed by atoms with Crippen LogP contribution >= 0.6 is 0 Å². The molecule has 1 heterocycles. The smallest absolute Gasteiger partial charge is 0.321 e. The third-order valence-electron chi connectivity index (χ3n) is 3.80. The molecule has 2 amide bonds. The van der Waals surface area contributed by atoms with E-state index in [0.717, 1.165) is 35.5 Å². The zero-order valence-corrected chi connectivity index (χ0v) is 13.9. The lowest BCUT2D eigenvalue weighted by Crippen LogP contribution is -2.38. The van der Waals surface area contributed by atoms with E-state index in [0.29, 0.717) is 12.2 Å². The number of hydrogen-bond donors (Lipinski definition) is 4. The van der Waals surface area contributed by atoms with Gasteiger partial charge in [-0.15, -0.1) is 0 Å². The lowest BCUT2D eigenvalue weighted by molar-refractivity contribution is 0.248. The average molecular weight is 315 g/mol. The number of benzene rings is 1. The van der Waals surface area contributed by atoms with Gasteiger partial charge in [-0.3, -0.25) is 4.90 Å². The molecule has 1 aromatic carbocycles. The molecule has 6 nitrogen and oxygen atoms in total. The van der Waals surface area contributed by atoms with Gasteiger partial charge < -0.3 is 21.7 Å². The molecule has 0 saturated heterocycles. The van der Waals surface area contributed by atoms with Crippen molar-refractivity contribution in [2.45, 2.75) is 13.3 Å². The maximum Gasteiger partial charge on any atom is 0.321 e. The van der Waals surface area contributed by atoms with Crippen molar-refractivity contribution >= 4 is 23.0 Å². The first-order valence-corrected chi connectivity index (χ1v) is 7.81. The van der Waals surface area contributed by atoms with E-state index in [1.807, 2.05) is 38.2 Å². The van der Waals surface area contributed by atoms with Crippen LogP contribution in [0.2, 0.25) is 0 Å². The molecule has 23 heavy (non-hydrogen) atoms. The van der Waals surface area contributed by atoms with Gasteiger partial charge in [0.1, 0.15) is 0 Å². The highest BCUT2D eigenvalue weighted by molar-refractivity contribution is 5.93. The van der Waals surface area contributed by atoms with E-state index < -0.39 is 0 Å². The molecule has 0 saturated carbocycles. The molecule has 0 bridgehead atoms. The summed E-state index contributed by atoms with van der Waals surface area (Å²) in [6.07, 6.45) is 4.64. The van der Waals surface area contributed by atoms with E-state index in [1.165, 1.54) is 0 Å². The van der Waals surface area contributed by atoms with E-state index in [1.54, 1.807) is 18.1 Å². The summed E-state index contributed by atoms with van der Waals surface area (Å²) >= 11 is 0. The van der Waals surface area contributed by atoms with Crippen LogP contribution in [0.3, 0.4) is 0 Å². The van der Waals surface area contributed by atoms with Gasteiger partial charge in [-0.1, -0.05) is 0 Å². The minimum absolute atomic E-state index is 0.114. The molecule has 0 atom stereocenters. The summed E-state index contributed by atoms with van der Waals surface area (Å²) in [7, 11) is 3.46. The predicted octanol–water partition coefficient (Wildman–Crippen LogP) is 2.07. The molecule has 6 heteroatoms. The molecule has 5 N–H and O–H groups in total. The number of anilines is 2. The first kappa shape index (κ1) is 16.7. The number of allylic oxidation sites excluding steroid dienone is 1. The van der Waals surface area contributed by atoms with Crippen molar-refractivity contribution in [3.8, 4) is 0 Å². The van der Waals surface area contributed by atoms with Crippen molar-refractivity contribution in [3.63, 3.8) is 0 Å². The number of carbonyl (C=O) groups excluding carboxylic acids is 1. The lowest BCUT2D eigenvalue weighted by atomic mass is 9.95. The van der Waals surface area contributed by atoms with Gasteiger partial charge in [-0.25, -0.2) is 4.79 Å². The van der Waals surface area contributed by atoms with Crippen molar-refractivity contribution in [2.75, 3.05) is 37.4 Å². The van der Waals surface area contributed by atoms with Gasteiger partial charge in [0.25, 0.3) is 0 Å². The highest BCUT2D eigenvalue weighted by atomic mass is 16.2. The summed E-state index contributed by atoms with van der Waals surface area (Å²) in [5, 5.41) is 9.00. The van der Waals surface area contributed by atoms with Crippen LogP contribution in [0, 0.1) is 0 Å². The van der Waals surface area contributed by atoms with Crippen LogP contribution < -0.4 is 26.6 Å². The number of fused-ring (bicyclic) bond motifs is 1. The van der Waals surface area contributed by atoms with E-state index in [-0.39, 0.29) is 6.03 Å². The second-order valence-corrected chi connectivity index (χ2v) is 5.31. The average Bonchev–Trinajstić information content (AvgIpc) is 2.56. The Morgan fingerprint density at radius 3 is 2.87 bits per heavy atom. The number of nitrogens with zero attached hydrogens (tertiary/aromatic N) is 1. The molecule has 0 unspecified atom stereocenters. The fourth-order valence-corrected chi connectivity index (χ4v) is 2.72. The van der Waals surface area contributed by atoms with Crippen LogP contribution in [0.1, 0.15) is 18.9 Å². The molecule has 2 rings (SSSR count). The molecular formula is C17H25N5O. The molecule has 0 aliphatic carbocycles. The summed E-state index contributed by atoms with van der Waals surface area (Å²) in [5.74, 6) is 0. The Labute approximate surface area is 137 Å². The fraction of sp³-hybridized carbons (Fsp3) is 0.353. The van der Waals surface area contributed by atoms with E-state index in [4.69, 9.17) is 5.73 Å². The van der Waals surface area contributed by atoms with Crippen molar-refractivity contribution in [1.29, 1.82) is 0 Å². The number of nitrogens with two attached hydrogens (primary N) is 1. The normalized spacial score (nSPS) is 15.6. The quantitative estimate of drug-likeness (QED) is 0.685. The van der Waals surface area contributed by atoms with Crippen LogP contribution in [0.15, 0.2) is 36.2 Å². The van der Waals surface area contributed by atoms with E-state index >= 15 is 0 Å². The molecule has 1 aliphatic heterocycles. The Hall–Kier alpha value is -2.63. The molecule has 1 aromatic rings. The summed E-state index contributed by atoms with van der Waals surface area (Å²) in [6.45, 7) is 3.43. The first-order chi connectivity index (χ1) is 11.1. The van der Waals surface area contributed by atoms with Crippen molar-refractivity contribution in [3.05, 3.63) is 41.7 Å². The summed E-state index contributed by atoms with van der Waals surface area (Å²) in [4.78, 5) is 13.7. The molecule has 0 fully saturated rings. The molecular weight excluding hydrogens is 290 g/mol. The monoisotopic (exact) mass is 315 g/mol. The number of urea groups is 1. The van der Waals surface area contributed by atoms with Crippen LogP contribution in [0.5, 0.6) is 0 Å². The van der Waals surface area contributed by atoms with E-state index in [9.17, 15) is 4.79 Å². The highest BCUT2D eigenvalue weighted by Crippen LogP contribution is 2.34. The Bertz CT molecular complexity index is 636. The van der Waals surface area contributed by atoms with Crippen LogP contribution in [0.25, 0.3) is 5.57 Å². The van der Waals surface area contributed by atoms with Crippen LogP contribution in [0.4, 0.5) is 16.2 Å². The first-order valence-electron chi connectivity index (χ1n) is 7.81. The Morgan fingerprint density at radius 2 is 2.22 bits per heavy atom. The van der Waals surface area contributed by atoms with Crippen molar-refractivity contribution in [2.24, 2.45) is 5.73 Å². The highest BCUT2D eigenvalue weighted by Gasteiger charge is 2.18. The summed E-state index contributed by atoms with van der Waals surface area (Å²) in [6, 6.07) is 5.90. The third-order valence-corrected chi connectivity index (χ3v) is 3.80. The van der Waals surface area contributed by atoms with E-state index in [2.05, 4.69) is 16.0 Å². The number of hydrogen-bond acceptors (Lipinski definition) is 4. The SMILES string of the molecule is CCN(C(=O)NC)c1ccc2c(c1)/C(=C/C(N)=C/NC)CCN2. The topological polar surface area (TPSA) is 82.4 Å². The lowest BCUT2D eigenvalue weighted by Gasteiger charge is -2.25. The van der Waals surface area contributed by atoms with Crippen LogP contribution in [-0.2, 0) is 0 Å². The molecule has 124 valence electrons. The van der Waals surface area contributed by atoms with Gasteiger partial charge in [0.2, 0.25) is 0 Å². The van der Waals surface area contributed by atoms with Gasteiger partial charge in [0.15, 0.2) is 0 Å². The number of nitrogens with one attached hydrogen (secondary N) is 3. The maximum atomic E-state index is 12.0. The van der Waals surface area contributed by atoms with Gasteiger partial charge in [-0.05, 0) is 43.2 Å². The second-order valence-electron chi connectivity index (χ2n) is 5.31. The van der Waals surface area contributed by atoms with Gasteiger partial charge in [0, 0.05) is 56.0 Å². The van der Waals surface area contributed by atoms with Gasteiger partial charge in [-0.2, -0.15) is 0 Å². The largest absolute Gasteiger partial charge is 0.398 e. The predicted molar refractivity (Wildman–Crippen MR) is 96.3 cm³/mol. The molecule has 0 aromatic heterocycles. The zero-order chi connectivity index (χ0) is 16.8. The molecule has 0 radical (unpaired) electrons. The minimum Gasteiger partial charge on any atom is -0.398 e. The zero-order valence-electron chi connectivity index (χ0n) is 13.9. The minimum atomic E-state index is -0.114. The number of amides is 2. The van der Waals surface area contributed by atoms with Crippen molar-refractivity contribution < 1.29 is 4.79 Å². The third kappa shape index (κ3) is 3.77. The maximum absolute atomic E-state index is 12.0. The number of rotatable bonds is 4. The number of carbonyl (C=O) groups is 1. The molecule has 0 spiro atoms. The van der Waals surface area contributed by atoms with Crippen molar-refractivity contribution in [1.82, 2.24) is 10.6 Å². The molecule has 1 aliphatic rings.